The molecular formula is C16H16N4. The maximum absolute atomic E-state index is 9.09. The first-order chi connectivity index (χ1) is 9.70. The maximum Gasteiger partial charge on any atom is 0.165 e. The van der Waals surface area contributed by atoms with Gasteiger partial charge in [0, 0.05) is 11.7 Å². The molecule has 1 aliphatic rings. The molecule has 1 unspecified atom stereocenters. The standard InChI is InChI=1S/C16H16N4/c1-11-6-7-12-4-2-3-5-15(12)20(11)16-9-8-13(18)14(10-17)19-16/h2-5,8-9,11H,6-7,18H2,1H3. The summed E-state index contributed by atoms with van der Waals surface area (Å²) in [6.07, 6.45) is 2.15. The van der Waals surface area contributed by atoms with Crippen LogP contribution in [0.4, 0.5) is 17.2 Å². The maximum atomic E-state index is 9.09. The van der Waals surface area contributed by atoms with E-state index in [1.165, 1.54) is 11.3 Å². The summed E-state index contributed by atoms with van der Waals surface area (Å²) in [6.45, 7) is 2.18. The Kier molecular flexibility index (Phi) is 3.03. The number of para-hydroxylation sites is 1. The van der Waals surface area contributed by atoms with Crippen LogP contribution in [0.1, 0.15) is 24.6 Å². The number of rotatable bonds is 1. The van der Waals surface area contributed by atoms with E-state index < -0.39 is 0 Å². The number of nitriles is 1. The first kappa shape index (κ1) is 12.5. The van der Waals surface area contributed by atoms with E-state index in [1.807, 2.05) is 12.1 Å². The molecule has 0 bridgehead atoms. The molecule has 20 heavy (non-hydrogen) atoms. The predicted octanol–water partition coefficient (Wildman–Crippen LogP) is 3.01. The van der Waals surface area contributed by atoms with Gasteiger partial charge in [-0.15, -0.1) is 0 Å². The summed E-state index contributed by atoms with van der Waals surface area (Å²) in [6, 6.07) is 14.4. The third-order valence-corrected chi connectivity index (χ3v) is 3.79. The molecule has 4 heteroatoms. The van der Waals surface area contributed by atoms with E-state index in [1.54, 1.807) is 6.07 Å². The van der Waals surface area contributed by atoms with E-state index in [2.05, 4.69) is 41.1 Å². The molecule has 3 rings (SSSR count). The van der Waals surface area contributed by atoms with Crippen molar-refractivity contribution in [1.29, 1.82) is 5.26 Å². The molecular weight excluding hydrogens is 248 g/mol. The van der Waals surface area contributed by atoms with Gasteiger partial charge in [-0.25, -0.2) is 4.98 Å². The summed E-state index contributed by atoms with van der Waals surface area (Å²) < 4.78 is 0. The summed E-state index contributed by atoms with van der Waals surface area (Å²) in [4.78, 5) is 6.60. The van der Waals surface area contributed by atoms with Gasteiger partial charge in [0.2, 0.25) is 0 Å². The lowest BCUT2D eigenvalue weighted by Gasteiger charge is -2.36. The minimum atomic E-state index is 0.290. The summed E-state index contributed by atoms with van der Waals surface area (Å²) >= 11 is 0. The van der Waals surface area contributed by atoms with Crippen LogP contribution in [0.15, 0.2) is 36.4 Å². The number of hydrogen-bond acceptors (Lipinski definition) is 4. The van der Waals surface area contributed by atoms with Crippen molar-refractivity contribution in [3.63, 3.8) is 0 Å². The second-order valence-corrected chi connectivity index (χ2v) is 5.11. The van der Waals surface area contributed by atoms with Crippen LogP contribution in [-0.2, 0) is 6.42 Å². The molecule has 2 N–H and O–H groups in total. The lowest BCUT2D eigenvalue weighted by atomic mass is 9.96. The molecule has 1 atom stereocenters. The first-order valence-corrected chi connectivity index (χ1v) is 6.74. The van der Waals surface area contributed by atoms with Crippen molar-refractivity contribution >= 4 is 17.2 Å². The fourth-order valence-electron chi connectivity index (χ4n) is 2.72. The van der Waals surface area contributed by atoms with Gasteiger partial charge in [-0.1, -0.05) is 18.2 Å². The van der Waals surface area contributed by atoms with Gasteiger partial charge in [0.25, 0.3) is 0 Å². The Balaban J connectivity index is 2.12. The van der Waals surface area contributed by atoms with Crippen LogP contribution in [0.25, 0.3) is 0 Å². The van der Waals surface area contributed by atoms with Gasteiger partial charge in [-0.3, -0.25) is 0 Å². The average Bonchev–Trinajstić information content (AvgIpc) is 2.48. The predicted molar refractivity (Wildman–Crippen MR) is 79.7 cm³/mol. The molecule has 1 aromatic heterocycles. The van der Waals surface area contributed by atoms with Gasteiger partial charge < -0.3 is 10.6 Å². The molecule has 2 heterocycles. The van der Waals surface area contributed by atoms with Crippen molar-refractivity contribution in [2.75, 3.05) is 10.6 Å². The average molecular weight is 264 g/mol. The van der Waals surface area contributed by atoms with Crippen LogP contribution in [0, 0.1) is 11.3 Å². The van der Waals surface area contributed by atoms with E-state index in [0.29, 0.717) is 11.7 Å². The number of fused-ring (bicyclic) bond motifs is 1. The van der Waals surface area contributed by atoms with Crippen molar-refractivity contribution in [3.05, 3.63) is 47.7 Å². The largest absolute Gasteiger partial charge is 0.396 e. The zero-order valence-corrected chi connectivity index (χ0v) is 11.4. The van der Waals surface area contributed by atoms with Crippen molar-refractivity contribution < 1.29 is 0 Å². The Morgan fingerprint density at radius 2 is 2.10 bits per heavy atom. The molecule has 0 saturated carbocycles. The van der Waals surface area contributed by atoms with E-state index in [0.717, 1.165) is 18.7 Å². The molecule has 4 nitrogen and oxygen atoms in total. The van der Waals surface area contributed by atoms with Gasteiger partial charge in [0.1, 0.15) is 11.9 Å². The quantitative estimate of drug-likeness (QED) is 0.859. The zero-order valence-electron chi connectivity index (χ0n) is 11.4. The molecule has 0 spiro atoms. The van der Waals surface area contributed by atoms with E-state index >= 15 is 0 Å². The first-order valence-electron chi connectivity index (χ1n) is 6.74. The van der Waals surface area contributed by atoms with Crippen LogP contribution in [0.5, 0.6) is 0 Å². The van der Waals surface area contributed by atoms with Crippen LogP contribution in [0.3, 0.4) is 0 Å². The number of aromatic nitrogens is 1. The Bertz CT molecular complexity index is 687. The molecule has 100 valence electrons. The Morgan fingerprint density at radius 3 is 2.90 bits per heavy atom. The normalized spacial score (nSPS) is 17.4. The number of nitrogen functional groups attached to an aromatic ring is 1. The summed E-state index contributed by atoms with van der Waals surface area (Å²) in [5.41, 5.74) is 8.97. The Hall–Kier alpha value is -2.54. The number of nitrogens with two attached hydrogens (primary N) is 1. The molecule has 0 aliphatic carbocycles. The third-order valence-electron chi connectivity index (χ3n) is 3.79. The Labute approximate surface area is 118 Å². The van der Waals surface area contributed by atoms with Crippen molar-refractivity contribution in [2.24, 2.45) is 0 Å². The highest BCUT2D eigenvalue weighted by Crippen LogP contribution is 2.36. The molecule has 0 radical (unpaired) electrons. The lowest BCUT2D eigenvalue weighted by molar-refractivity contribution is 0.613. The van der Waals surface area contributed by atoms with Gasteiger partial charge in [0.05, 0.1) is 5.69 Å². The highest BCUT2D eigenvalue weighted by Gasteiger charge is 2.25. The minimum absolute atomic E-state index is 0.290. The fraction of sp³-hybridized carbons (Fsp3) is 0.250. The number of hydrogen-bond donors (Lipinski definition) is 1. The summed E-state index contributed by atoms with van der Waals surface area (Å²) in [5, 5.41) is 9.09. The van der Waals surface area contributed by atoms with Crippen LogP contribution >= 0.6 is 0 Å². The van der Waals surface area contributed by atoms with Crippen LogP contribution in [-0.4, -0.2) is 11.0 Å². The van der Waals surface area contributed by atoms with Crippen molar-refractivity contribution in [3.8, 4) is 6.07 Å². The molecule has 1 aromatic carbocycles. The topological polar surface area (TPSA) is 65.9 Å². The van der Waals surface area contributed by atoms with E-state index in [9.17, 15) is 0 Å². The highest BCUT2D eigenvalue weighted by molar-refractivity contribution is 5.68. The number of nitrogens with zero attached hydrogens (tertiary/aromatic N) is 3. The SMILES string of the molecule is CC1CCc2ccccc2N1c1ccc(N)c(C#N)n1. The fourth-order valence-corrected chi connectivity index (χ4v) is 2.72. The van der Waals surface area contributed by atoms with Crippen LogP contribution in [0.2, 0.25) is 0 Å². The second kappa shape index (κ2) is 4.86. The highest BCUT2D eigenvalue weighted by atomic mass is 15.2. The van der Waals surface area contributed by atoms with Gasteiger partial charge in [-0.2, -0.15) is 5.26 Å². The van der Waals surface area contributed by atoms with E-state index in [-0.39, 0.29) is 5.69 Å². The summed E-state index contributed by atoms with van der Waals surface area (Å²) in [7, 11) is 0. The molecule has 0 fully saturated rings. The van der Waals surface area contributed by atoms with Crippen molar-refractivity contribution in [2.45, 2.75) is 25.8 Å². The van der Waals surface area contributed by atoms with Crippen molar-refractivity contribution in [1.82, 2.24) is 4.98 Å². The number of anilines is 3. The smallest absolute Gasteiger partial charge is 0.165 e. The number of aryl methyl sites for hydroxylation is 1. The third kappa shape index (κ3) is 1.97. The molecule has 0 amide bonds. The monoisotopic (exact) mass is 264 g/mol. The van der Waals surface area contributed by atoms with Gasteiger partial charge in [-0.05, 0) is 43.5 Å². The zero-order chi connectivity index (χ0) is 14.1. The van der Waals surface area contributed by atoms with Gasteiger partial charge >= 0.3 is 0 Å². The second-order valence-electron chi connectivity index (χ2n) is 5.11. The lowest BCUT2D eigenvalue weighted by Crippen LogP contribution is -2.33. The molecule has 1 aliphatic heterocycles. The van der Waals surface area contributed by atoms with Gasteiger partial charge in [0.15, 0.2) is 5.69 Å². The van der Waals surface area contributed by atoms with E-state index in [4.69, 9.17) is 11.0 Å². The minimum Gasteiger partial charge on any atom is -0.396 e. The number of pyridine rings is 1. The Morgan fingerprint density at radius 1 is 1.30 bits per heavy atom. The molecule has 0 saturated heterocycles. The molecule has 2 aromatic rings. The summed E-state index contributed by atoms with van der Waals surface area (Å²) in [5.74, 6) is 0.787. The number of benzene rings is 1. The van der Waals surface area contributed by atoms with Crippen LogP contribution < -0.4 is 10.6 Å².